The molecule has 2 heterocycles. The first kappa shape index (κ1) is 22.1. The Balaban J connectivity index is 1.65. The van der Waals surface area contributed by atoms with Crippen molar-refractivity contribution in [3.05, 3.63) is 125 Å². The van der Waals surface area contributed by atoms with Gasteiger partial charge in [0.25, 0.3) is 5.91 Å². The van der Waals surface area contributed by atoms with Crippen LogP contribution in [0, 0.1) is 23.0 Å². The van der Waals surface area contributed by atoms with Crippen molar-refractivity contribution < 1.29 is 13.6 Å². The van der Waals surface area contributed by atoms with Gasteiger partial charge >= 0.3 is 0 Å². The molecule has 1 amide bonds. The molecule has 7 heteroatoms. The number of allylic oxidation sites excluding steroid dienone is 3. The van der Waals surface area contributed by atoms with Gasteiger partial charge in [-0.05, 0) is 47.6 Å². The molecule has 2 aliphatic rings. The summed E-state index contributed by atoms with van der Waals surface area (Å²) in [6, 6.07) is 21.6. The Labute approximate surface area is 200 Å². The second-order valence-electron chi connectivity index (χ2n) is 8.02. The third-order valence-corrected chi connectivity index (χ3v) is 5.74. The van der Waals surface area contributed by atoms with Gasteiger partial charge in [-0.2, -0.15) is 10.4 Å². The number of halogens is 2. The molecular weight excluding hydrogens is 446 g/mol. The van der Waals surface area contributed by atoms with E-state index in [4.69, 9.17) is 10.3 Å². The van der Waals surface area contributed by atoms with Crippen LogP contribution in [0.15, 0.2) is 101 Å². The Kier molecular flexibility index (Phi) is 5.86. The monoisotopic (exact) mass is 464 g/mol. The van der Waals surface area contributed by atoms with Crippen LogP contribution in [0.2, 0.25) is 0 Å². The molecule has 0 N–H and O–H groups in total. The van der Waals surface area contributed by atoms with Gasteiger partial charge in [-0.3, -0.25) is 9.79 Å². The van der Waals surface area contributed by atoms with Crippen molar-refractivity contribution in [1.82, 2.24) is 5.01 Å². The van der Waals surface area contributed by atoms with Gasteiger partial charge in [0.05, 0.1) is 29.5 Å². The molecule has 0 aromatic heterocycles. The minimum Gasteiger partial charge on any atom is -0.272 e. The van der Waals surface area contributed by atoms with E-state index in [2.05, 4.69) is 11.2 Å². The number of nitrogens with zero attached hydrogens (tertiary/aromatic N) is 4. The number of hydrazone groups is 1. The number of carbonyl (C=O) groups excluding carboxylic acids is 1. The van der Waals surface area contributed by atoms with E-state index < -0.39 is 17.8 Å². The Bertz CT molecular complexity index is 1470. The molecule has 0 fully saturated rings. The van der Waals surface area contributed by atoms with E-state index >= 15 is 0 Å². The second kappa shape index (κ2) is 9.27. The number of hydrogen-bond donors (Lipinski definition) is 0. The minimum absolute atomic E-state index is 0.0196. The minimum atomic E-state index is -0.843. The number of amides is 1. The van der Waals surface area contributed by atoms with Gasteiger partial charge in [0.15, 0.2) is 6.17 Å². The topological polar surface area (TPSA) is 68.8 Å². The standard InChI is InChI=1S/C28H18F2N4O/c29-22-11-12-23(24(30)15-22)21-10-13-25(19-4-2-1-3-5-19)33-34-27(14-21)32-26(16-28(34)35)20-8-6-18(17-31)7-9-20/h1-15,27H,16H2. The molecule has 1 unspecified atom stereocenters. The third kappa shape index (κ3) is 4.55. The highest BCUT2D eigenvalue weighted by molar-refractivity contribution is 6.14. The summed E-state index contributed by atoms with van der Waals surface area (Å²) >= 11 is 0. The van der Waals surface area contributed by atoms with Crippen molar-refractivity contribution >= 4 is 22.9 Å². The molecule has 5 rings (SSSR count). The van der Waals surface area contributed by atoms with E-state index in [1.165, 1.54) is 17.1 Å². The van der Waals surface area contributed by atoms with Gasteiger partial charge in [0, 0.05) is 17.2 Å². The number of hydrogen-bond acceptors (Lipinski definition) is 4. The summed E-state index contributed by atoms with van der Waals surface area (Å²) in [6.07, 6.45) is 4.21. The molecule has 0 saturated heterocycles. The van der Waals surface area contributed by atoms with Crippen molar-refractivity contribution in [3.63, 3.8) is 0 Å². The Morgan fingerprint density at radius 1 is 0.943 bits per heavy atom. The summed E-state index contributed by atoms with van der Waals surface area (Å²) in [5, 5.41) is 15.0. The molecule has 170 valence electrons. The smallest absolute Gasteiger partial charge is 0.251 e. The van der Waals surface area contributed by atoms with Gasteiger partial charge in [-0.25, -0.2) is 13.8 Å². The summed E-state index contributed by atoms with van der Waals surface area (Å²) in [7, 11) is 0. The van der Waals surface area contributed by atoms with Crippen LogP contribution < -0.4 is 0 Å². The highest BCUT2D eigenvalue weighted by Gasteiger charge is 2.31. The lowest BCUT2D eigenvalue weighted by Gasteiger charge is -2.30. The zero-order valence-electron chi connectivity index (χ0n) is 18.4. The molecule has 1 atom stereocenters. The van der Waals surface area contributed by atoms with Crippen molar-refractivity contribution in [2.24, 2.45) is 10.1 Å². The van der Waals surface area contributed by atoms with Gasteiger partial charge in [-0.1, -0.05) is 48.5 Å². The summed E-state index contributed by atoms with van der Waals surface area (Å²) < 4.78 is 28.3. The molecular formula is C28H18F2N4O. The Morgan fingerprint density at radius 2 is 1.71 bits per heavy atom. The Hall–Kier alpha value is -4.70. The molecule has 3 aromatic carbocycles. The number of rotatable bonds is 3. The fourth-order valence-electron chi connectivity index (χ4n) is 3.97. The molecule has 0 spiro atoms. The lowest BCUT2D eigenvalue weighted by Crippen LogP contribution is -2.41. The molecule has 35 heavy (non-hydrogen) atoms. The maximum atomic E-state index is 14.7. The maximum Gasteiger partial charge on any atom is 0.251 e. The van der Waals surface area contributed by atoms with Crippen LogP contribution in [-0.4, -0.2) is 28.5 Å². The normalized spacial score (nSPS) is 17.4. The van der Waals surface area contributed by atoms with Crippen LogP contribution in [0.4, 0.5) is 8.78 Å². The summed E-state index contributed by atoms with van der Waals surface area (Å²) in [5.41, 5.74) is 3.66. The molecule has 0 saturated carbocycles. The highest BCUT2D eigenvalue weighted by Crippen LogP contribution is 2.28. The lowest BCUT2D eigenvalue weighted by atomic mass is 9.99. The second-order valence-corrected chi connectivity index (χ2v) is 8.02. The van der Waals surface area contributed by atoms with Crippen LogP contribution in [0.1, 0.15) is 28.7 Å². The fraction of sp³-hybridized carbons (Fsp3) is 0.0714. The van der Waals surface area contributed by atoms with E-state index in [1.807, 2.05) is 30.3 Å². The predicted molar refractivity (Wildman–Crippen MR) is 129 cm³/mol. The fourth-order valence-corrected chi connectivity index (χ4v) is 3.97. The van der Waals surface area contributed by atoms with E-state index in [1.54, 1.807) is 42.5 Å². The molecule has 0 bridgehead atoms. The van der Waals surface area contributed by atoms with E-state index in [0.717, 1.165) is 11.6 Å². The predicted octanol–water partition coefficient (Wildman–Crippen LogP) is 5.24. The zero-order valence-corrected chi connectivity index (χ0v) is 18.4. The van der Waals surface area contributed by atoms with Crippen LogP contribution in [0.5, 0.6) is 0 Å². The third-order valence-electron chi connectivity index (χ3n) is 5.74. The summed E-state index contributed by atoms with van der Waals surface area (Å²) in [5.74, 6) is -1.67. The molecule has 0 radical (unpaired) electrons. The largest absolute Gasteiger partial charge is 0.272 e. The maximum absolute atomic E-state index is 14.7. The summed E-state index contributed by atoms with van der Waals surface area (Å²) in [6.45, 7) is 0. The van der Waals surface area contributed by atoms with Crippen LogP contribution in [0.25, 0.3) is 5.57 Å². The average molecular weight is 464 g/mol. The number of carbonyl (C=O) groups is 1. The van der Waals surface area contributed by atoms with Crippen LogP contribution in [-0.2, 0) is 4.79 Å². The van der Waals surface area contributed by atoms with Crippen molar-refractivity contribution in [2.75, 3.05) is 0 Å². The number of nitriles is 1. The molecule has 3 aromatic rings. The first-order valence-corrected chi connectivity index (χ1v) is 10.9. The van der Waals surface area contributed by atoms with Gasteiger partial charge in [0.2, 0.25) is 0 Å². The average Bonchev–Trinajstić information content (AvgIpc) is 2.86. The SMILES string of the molecule is N#Cc1ccc(C2=NC3C=C(c4ccc(F)cc4F)C=CC(c4ccccc4)=NN3C(=O)C2)cc1. The number of aliphatic imine (C=N–C) groups is 1. The van der Waals surface area contributed by atoms with Crippen LogP contribution >= 0.6 is 0 Å². The van der Waals surface area contributed by atoms with E-state index in [9.17, 15) is 13.6 Å². The first-order valence-electron chi connectivity index (χ1n) is 10.9. The summed E-state index contributed by atoms with van der Waals surface area (Å²) in [4.78, 5) is 18.0. The first-order chi connectivity index (χ1) is 17.0. The van der Waals surface area contributed by atoms with Crippen molar-refractivity contribution in [3.8, 4) is 6.07 Å². The van der Waals surface area contributed by atoms with E-state index in [-0.39, 0.29) is 17.9 Å². The van der Waals surface area contributed by atoms with Gasteiger partial charge in [0.1, 0.15) is 11.6 Å². The van der Waals surface area contributed by atoms with Crippen molar-refractivity contribution in [1.29, 1.82) is 5.26 Å². The number of benzene rings is 3. The molecule has 2 aliphatic heterocycles. The van der Waals surface area contributed by atoms with Gasteiger partial charge in [-0.15, -0.1) is 0 Å². The quantitative estimate of drug-likeness (QED) is 0.532. The van der Waals surface area contributed by atoms with E-state index in [0.29, 0.717) is 28.1 Å². The lowest BCUT2D eigenvalue weighted by molar-refractivity contribution is -0.131. The van der Waals surface area contributed by atoms with Gasteiger partial charge < -0.3 is 0 Å². The molecule has 0 aliphatic carbocycles. The molecule has 5 nitrogen and oxygen atoms in total. The van der Waals surface area contributed by atoms with Crippen molar-refractivity contribution in [2.45, 2.75) is 12.6 Å². The number of fused-ring (bicyclic) bond motifs is 1. The highest BCUT2D eigenvalue weighted by atomic mass is 19.1. The zero-order chi connectivity index (χ0) is 24.4. The van der Waals surface area contributed by atoms with Crippen LogP contribution in [0.3, 0.4) is 0 Å². The Morgan fingerprint density at radius 3 is 2.43 bits per heavy atom.